The molecule has 0 saturated heterocycles. The lowest BCUT2D eigenvalue weighted by atomic mass is 10.2. The van der Waals surface area contributed by atoms with Crippen molar-refractivity contribution >= 4 is 17.4 Å². The maximum atomic E-state index is 10.8. The standard InChI is InChI=1S/C18H14N6O3S/c25-24(26)14-5-3-13(4-6-14)12-28-18-22-21-17(16-10-19-7-8-20-16)23(18)11-15-2-1-9-27-15/h1-10H,11-12H2. The molecule has 0 spiro atoms. The van der Waals surface area contributed by atoms with Crippen molar-refractivity contribution in [3.63, 3.8) is 0 Å². The summed E-state index contributed by atoms with van der Waals surface area (Å²) in [7, 11) is 0. The van der Waals surface area contributed by atoms with Gasteiger partial charge in [-0.25, -0.2) is 4.98 Å². The maximum Gasteiger partial charge on any atom is 0.269 e. The summed E-state index contributed by atoms with van der Waals surface area (Å²) < 4.78 is 7.38. The van der Waals surface area contributed by atoms with Gasteiger partial charge < -0.3 is 4.42 Å². The van der Waals surface area contributed by atoms with Gasteiger partial charge in [-0.15, -0.1) is 10.2 Å². The van der Waals surface area contributed by atoms with E-state index < -0.39 is 4.92 Å². The number of nitrogens with zero attached hydrogens (tertiary/aromatic N) is 6. The van der Waals surface area contributed by atoms with Crippen LogP contribution in [0.1, 0.15) is 11.3 Å². The number of rotatable bonds is 7. The molecule has 0 fully saturated rings. The van der Waals surface area contributed by atoms with Gasteiger partial charge in [0.05, 0.1) is 23.9 Å². The molecule has 0 unspecified atom stereocenters. The predicted octanol–water partition coefficient (Wildman–Crippen LogP) is 3.58. The lowest BCUT2D eigenvalue weighted by Crippen LogP contribution is -2.04. The molecule has 140 valence electrons. The summed E-state index contributed by atoms with van der Waals surface area (Å²) in [5.41, 5.74) is 1.63. The van der Waals surface area contributed by atoms with E-state index in [9.17, 15) is 10.1 Å². The van der Waals surface area contributed by atoms with E-state index in [2.05, 4.69) is 20.2 Å². The van der Waals surface area contributed by atoms with Crippen LogP contribution in [-0.4, -0.2) is 29.7 Å². The molecule has 4 aromatic rings. The molecular formula is C18H14N6O3S. The summed E-state index contributed by atoms with van der Waals surface area (Å²) in [6, 6.07) is 10.2. The van der Waals surface area contributed by atoms with Crippen molar-refractivity contribution in [1.82, 2.24) is 24.7 Å². The Morgan fingerprint density at radius 1 is 1.14 bits per heavy atom. The average molecular weight is 394 g/mol. The van der Waals surface area contributed by atoms with Crippen LogP contribution in [0.25, 0.3) is 11.5 Å². The van der Waals surface area contributed by atoms with Crippen LogP contribution in [0.3, 0.4) is 0 Å². The third kappa shape index (κ3) is 3.91. The molecule has 0 aliphatic heterocycles. The van der Waals surface area contributed by atoms with Crippen LogP contribution < -0.4 is 0 Å². The van der Waals surface area contributed by atoms with Crippen LogP contribution >= 0.6 is 11.8 Å². The molecule has 0 amide bonds. The summed E-state index contributed by atoms with van der Waals surface area (Å²) in [6.45, 7) is 0.453. The first-order valence-corrected chi connectivity index (χ1v) is 9.27. The van der Waals surface area contributed by atoms with Crippen LogP contribution in [-0.2, 0) is 12.3 Å². The highest BCUT2D eigenvalue weighted by Crippen LogP contribution is 2.27. The second-order valence-corrected chi connectivity index (χ2v) is 6.72. The number of non-ortho nitro benzene ring substituents is 1. The first-order chi connectivity index (χ1) is 13.7. The van der Waals surface area contributed by atoms with E-state index in [0.29, 0.717) is 29.0 Å². The summed E-state index contributed by atoms with van der Waals surface area (Å²) >= 11 is 1.48. The van der Waals surface area contributed by atoms with Gasteiger partial charge >= 0.3 is 0 Å². The molecule has 28 heavy (non-hydrogen) atoms. The van der Waals surface area contributed by atoms with E-state index in [-0.39, 0.29) is 5.69 Å². The second-order valence-electron chi connectivity index (χ2n) is 5.77. The number of aromatic nitrogens is 5. The Hall–Kier alpha value is -3.53. The molecular weight excluding hydrogens is 380 g/mol. The van der Waals surface area contributed by atoms with Crippen LogP contribution in [0.2, 0.25) is 0 Å². The van der Waals surface area contributed by atoms with Gasteiger partial charge in [-0.05, 0) is 17.7 Å². The normalized spacial score (nSPS) is 10.9. The Morgan fingerprint density at radius 2 is 2.00 bits per heavy atom. The number of nitro benzene ring substituents is 1. The van der Waals surface area contributed by atoms with E-state index in [4.69, 9.17) is 4.42 Å². The van der Waals surface area contributed by atoms with E-state index in [1.807, 2.05) is 16.7 Å². The molecule has 0 N–H and O–H groups in total. The number of benzene rings is 1. The second kappa shape index (κ2) is 8.01. The first kappa shape index (κ1) is 17.9. The largest absolute Gasteiger partial charge is 0.467 e. The van der Waals surface area contributed by atoms with Crippen LogP contribution in [0.4, 0.5) is 5.69 Å². The van der Waals surface area contributed by atoms with E-state index in [1.54, 1.807) is 37.0 Å². The van der Waals surface area contributed by atoms with Crippen molar-refractivity contribution in [2.45, 2.75) is 17.5 Å². The highest BCUT2D eigenvalue weighted by molar-refractivity contribution is 7.98. The fraction of sp³-hybridized carbons (Fsp3) is 0.111. The lowest BCUT2D eigenvalue weighted by Gasteiger charge is -2.08. The molecule has 3 heterocycles. The minimum Gasteiger partial charge on any atom is -0.467 e. The zero-order valence-electron chi connectivity index (χ0n) is 14.5. The topological polar surface area (TPSA) is 113 Å². The summed E-state index contributed by atoms with van der Waals surface area (Å²) in [6.07, 6.45) is 6.45. The number of hydrogen-bond acceptors (Lipinski definition) is 8. The Labute approximate surface area is 163 Å². The van der Waals surface area contributed by atoms with Crippen LogP contribution in [0.15, 0.2) is 70.8 Å². The third-order valence-corrected chi connectivity index (χ3v) is 4.96. The van der Waals surface area contributed by atoms with E-state index in [1.165, 1.54) is 23.9 Å². The Kier molecular flexibility index (Phi) is 5.11. The Balaban J connectivity index is 1.59. The molecule has 1 aromatic carbocycles. The molecule has 0 aliphatic carbocycles. The smallest absolute Gasteiger partial charge is 0.269 e. The monoisotopic (exact) mass is 394 g/mol. The number of nitro groups is 1. The molecule has 4 rings (SSSR count). The quantitative estimate of drug-likeness (QED) is 0.265. The molecule has 10 heteroatoms. The molecule has 0 atom stereocenters. The minimum atomic E-state index is -0.413. The first-order valence-electron chi connectivity index (χ1n) is 8.29. The summed E-state index contributed by atoms with van der Waals surface area (Å²) in [5.74, 6) is 1.95. The molecule has 0 bridgehead atoms. The minimum absolute atomic E-state index is 0.0691. The fourth-order valence-electron chi connectivity index (χ4n) is 2.56. The van der Waals surface area contributed by atoms with Crippen molar-refractivity contribution in [1.29, 1.82) is 0 Å². The zero-order valence-corrected chi connectivity index (χ0v) is 15.3. The average Bonchev–Trinajstić information content (AvgIpc) is 3.38. The summed E-state index contributed by atoms with van der Waals surface area (Å²) in [4.78, 5) is 18.8. The van der Waals surface area contributed by atoms with Gasteiger partial charge in [0.1, 0.15) is 11.5 Å². The lowest BCUT2D eigenvalue weighted by molar-refractivity contribution is -0.384. The molecule has 0 aliphatic rings. The SMILES string of the molecule is O=[N+]([O-])c1ccc(CSc2nnc(-c3cnccn3)n2Cc2ccco2)cc1. The fourth-order valence-corrected chi connectivity index (χ4v) is 3.46. The van der Waals surface area contributed by atoms with Crippen LogP contribution in [0, 0.1) is 10.1 Å². The predicted molar refractivity (Wildman–Crippen MR) is 102 cm³/mol. The van der Waals surface area contributed by atoms with Gasteiger partial charge in [-0.3, -0.25) is 19.7 Å². The number of hydrogen-bond donors (Lipinski definition) is 0. The van der Waals surface area contributed by atoms with Crippen molar-refractivity contribution in [2.75, 3.05) is 0 Å². The van der Waals surface area contributed by atoms with Crippen molar-refractivity contribution in [2.24, 2.45) is 0 Å². The van der Waals surface area contributed by atoms with E-state index >= 15 is 0 Å². The van der Waals surface area contributed by atoms with Crippen LogP contribution in [0.5, 0.6) is 0 Å². The Bertz CT molecular complexity index is 1060. The molecule has 3 aromatic heterocycles. The molecule has 0 saturated carbocycles. The van der Waals surface area contributed by atoms with Gasteiger partial charge in [0.2, 0.25) is 0 Å². The van der Waals surface area contributed by atoms with Gasteiger partial charge in [-0.2, -0.15) is 0 Å². The van der Waals surface area contributed by atoms with Gasteiger partial charge in [0.15, 0.2) is 11.0 Å². The van der Waals surface area contributed by atoms with Crippen molar-refractivity contribution in [3.05, 3.63) is 82.7 Å². The van der Waals surface area contributed by atoms with Crippen molar-refractivity contribution in [3.8, 4) is 11.5 Å². The summed E-state index contributed by atoms with van der Waals surface area (Å²) in [5, 5.41) is 20.0. The molecule has 9 nitrogen and oxygen atoms in total. The maximum absolute atomic E-state index is 10.8. The number of thioether (sulfide) groups is 1. The zero-order chi connectivity index (χ0) is 19.3. The van der Waals surface area contributed by atoms with Gasteiger partial charge in [-0.1, -0.05) is 23.9 Å². The van der Waals surface area contributed by atoms with Gasteiger partial charge in [0, 0.05) is 30.3 Å². The molecule has 0 radical (unpaired) electrons. The highest BCUT2D eigenvalue weighted by atomic mass is 32.2. The number of furan rings is 1. The Morgan fingerprint density at radius 3 is 2.68 bits per heavy atom. The van der Waals surface area contributed by atoms with Gasteiger partial charge in [0.25, 0.3) is 5.69 Å². The van der Waals surface area contributed by atoms with Crippen molar-refractivity contribution < 1.29 is 9.34 Å². The highest BCUT2D eigenvalue weighted by Gasteiger charge is 2.17. The van der Waals surface area contributed by atoms with E-state index in [0.717, 1.165) is 11.3 Å². The third-order valence-electron chi connectivity index (χ3n) is 3.92.